The van der Waals surface area contributed by atoms with Gasteiger partial charge in [0.2, 0.25) is 0 Å². The maximum absolute atomic E-state index is 6.98. The fourth-order valence-electron chi connectivity index (χ4n) is 6.07. The van der Waals surface area contributed by atoms with Gasteiger partial charge in [-0.2, -0.15) is 0 Å². The van der Waals surface area contributed by atoms with Crippen molar-refractivity contribution >= 4 is 8.72 Å². The summed E-state index contributed by atoms with van der Waals surface area (Å²) >= 11 is 0. The predicted molar refractivity (Wildman–Crippen MR) is 122 cm³/mol. The van der Waals surface area contributed by atoms with E-state index in [0.29, 0.717) is 17.9 Å². The van der Waals surface area contributed by atoms with E-state index in [1.165, 1.54) is 129 Å². The summed E-state index contributed by atoms with van der Waals surface area (Å²) in [6, 6.07) is 0.680. The van der Waals surface area contributed by atoms with E-state index in [1.807, 2.05) is 7.11 Å². The number of hydrogen-bond acceptors (Lipinski definition) is 4. The molecule has 4 fully saturated rings. The first-order valence-electron chi connectivity index (χ1n) is 13.1. The number of rotatable bonds is 3. The van der Waals surface area contributed by atoms with Crippen LogP contribution in [0.25, 0.3) is 0 Å². The zero-order valence-electron chi connectivity index (χ0n) is 19.1. The van der Waals surface area contributed by atoms with Crippen LogP contribution in [0.2, 0.25) is 0 Å². The van der Waals surface area contributed by atoms with Gasteiger partial charge in [0.15, 0.2) is 0 Å². The minimum absolute atomic E-state index is 0.366. The maximum Gasteiger partial charge on any atom is 0.446 e. The summed E-state index contributed by atoms with van der Waals surface area (Å²) in [5.74, 6) is 0. The number of hydrogen-bond donors (Lipinski definition) is 0. The van der Waals surface area contributed by atoms with Crippen LogP contribution in [0, 0.1) is 0 Å². The fraction of sp³-hybridized carbons (Fsp3) is 1.00. The van der Waals surface area contributed by atoms with Crippen molar-refractivity contribution in [1.29, 1.82) is 0 Å². The van der Waals surface area contributed by atoms with E-state index in [0.717, 1.165) is 0 Å². The third kappa shape index (κ3) is 5.65. The topological polar surface area (TPSA) is 24.5 Å². The van der Waals surface area contributed by atoms with Gasteiger partial charge in [-0.15, -0.1) is 0 Å². The van der Waals surface area contributed by atoms with Crippen molar-refractivity contribution in [3.05, 3.63) is 0 Å². The molecule has 4 heterocycles. The second-order valence-corrected chi connectivity index (χ2v) is 13.2. The summed E-state index contributed by atoms with van der Waals surface area (Å²) in [6.45, 7) is 2.45. The minimum Gasteiger partial charge on any atom is -0.385 e. The maximum atomic E-state index is 6.98. The molecule has 0 aromatic carbocycles. The Balaban J connectivity index is 1.35. The predicted octanol–water partition coefficient (Wildman–Crippen LogP) is 5.87. The van der Waals surface area contributed by atoms with Crippen LogP contribution >= 0.6 is 0 Å². The highest BCUT2D eigenvalue weighted by Gasteiger charge is 2.72. The van der Waals surface area contributed by atoms with Crippen molar-refractivity contribution in [3.8, 4) is 0 Å². The molecule has 0 bridgehead atoms. The molecule has 6 unspecified atom stereocenters. The van der Waals surface area contributed by atoms with Crippen LogP contribution in [0.1, 0.15) is 116 Å². The van der Waals surface area contributed by atoms with E-state index in [4.69, 9.17) is 8.85 Å². The van der Waals surface area contributed by atoms with E-state index in [9.17, 15) is 0 Å². The second-order valence-electron chi connectivity index (χ2n) is 10.1. The van der Waals surface area contributed by atoms with Crippen molar-refractivity contribution < 1.29 is 8.85 Å². The Kier molecular flexibility index (Phi) is 8.50. The van der Waals surface area contributed by atoms with Crippen molar-refractivity contribution in [2.75, 3.05) is 20.2 Å². The monoisotopic (exact) mass is 422 g/mol. The summed E-state index contributed by atoms with van der Waals surface area (Å²) in [5.41, 5.74) is 0.622. The highest BCUT2D eigenvalue weighted by molar-refractivity contribution is 6.76. The smallest absolute Gasteiger partial charge is 0.385 e. The molecule has 4 aliphatic heterocycles. The average molecular weight is 423 g/mol. The Bertz CT molecular complexity index is 456. The van der Waals surface area contributed by atoms with Crippen molar-refractivity contribution in [2.45, 2.75) is 134 Å². The lowest BCUT2D eigenvalue weighted by Gasteiger charge is -2.15. The van der Waals surface area contributed by atoms with Crippen molar-refractivity contribution in [3.63, 3.8) is 0 Å². The molecule has 6 atom stereocenters. The van der Waals surface area contributed by atoms with Gasteiger partial charge >= 0.3 is 8.72 Å². The third-order valence-corrected chi connectivity index (χ3v) is 11.7. The molecule has 0 aromatic rings. The Morgan fingerprint density at radius 2 is 1.14 bits per heavy atom. The zero-order valence-corrected chi connectivity index (χ0v) is 20.1. The first-order chi connectivity index (χ1) is 14.4. The lowest BCUT2D eigenvalue weighted by Crippen LogP contribution is -2.36. The van der Waals surface area contributed by atoms with Gasteiger partial charge in [0.05, 0.1) is 11.7 Å². The quantitative estimate of drug-likeness (QED) is 0.419. The van der Waals surface area contributed by atoms with Crippen LogP contribution in [0.4, 0.5) is 0 Å². The normalized spacial score (nSPS) is 42.7. The summed E-state index contributed by atoms with van der Waals surface area (Å²) in [7, 11) is -0.195. The van der Waals surface area contributed by atoms with Gasteiger partial charge in [-0.05, 0) is 32.2 Å². The molecule has 0 N–H and O–H groups in total. The van der Waals surface area contributed by atoms with Crippen LogP contribution in [0.5, 0.6) is 0 Å². The molecule has 4 aliphatic rings. The first kappa shape index (κ1) is 22.3. The molecular weight excluding hydrogens is 376 g/mol. The fourth-order valence-corrected chi connectivity index (χ4v) is 9.94. The molecule has 29 heavy (non-hydrogen) atoms. The molecule has 4 saturated heterocycles. The minimum atomic E-state index is -2.14. The summed E-state index contributed by atoms with van der Waals surface area (Å²) < 4.78 is 15.9. The summed E-state index contributed by atoms with van der Waals surface area (Å²) in [5, 5.41) is 0. The van der Waals surface area contributed by atoms with Gasteiger partial charge in [-0.25, -0.2) is 0 Å². The van der Waals surface area contributed by atoms with E-state index >= 15 is 0 Å². The molecule has 5 heteroatoms. The van der Waals surface area contributed by atoms with Crippen LogP contribution in [-0.4, -0.2) is 56.3 Å². The molecular formula is C24H46N2O2Si. The second kappa shape index (κ2) is 11.1. The average Bonchev–Trinajstić information content (AvgIpc) is 3.55. The van der Waals surface area contributed by atoms with Crippen LogP contribution in [0.3, 0.4) is 0 Å². The summed E-state index contributed by atoms with van der Waals surface area (Å²) in [4.78, 5) is 2.68. The lowest BCUT2D eigenvalue weighted by molar-refractivity contribution is 0.157. The molecule has 0 saturated carbocycles. The molecule has 0 amide bonds. The van der Waals surface area contributed by atoms with E-state index in [1.54, 1.807) is 0 Å². The Morgan fingerprint density at radius 3 is 1.76 bits per heavy atom. The van der Waals surface area contributed by atoms with E-state index in [2.05, 4.69) is 9.47 Å². The van der Waals surface area contributed by atoms with Gasteiger partial charge in [-0.3, -0.25) is 9.47 Å². The lowest BCUT2D eigenvalue weighted by atomic mass is 10.1. The van der Waals surface area contributed by atoms with Gasteiger partial charge in [0.1, 0.15) is 6.23 Å². The molecule has 4 nitrogen and oxygen atoms in total. The number of fused-ring (bicyclic) bond motifs is 2. The standard InChI is InChI=1S/C24H46N2O2Si/c1-27-29(23-19-15-11-7-3-5-9-13-17-21-26(23)29)28-24-22-18-14-10-6-2-4-8-12-16-20-25(22)24/h22-24H,2-21H2,1H3. The largest absolute Gasteiger partial charge is 0.446 e. The Morgan fingerprint density at radius 1 is 0.621 bits per heavy atom. The van der Waals surface area contributed by atoms with Gasteiger partial charge in [0.25, 0.3) is 0 Å². The molecule has 0 aliphatic carbocycles. The molecule has 0 spiro atoms. The number of nitrogens with zero attached hydrogens (tertiary/aromatic N) is 2. The molecule has 0 radical (unpaired) electrons. The molecule has 4 rings (SSSR count). The van der Waals surface area contributed by atoms with Crippen LogP contribution in [0.15, 0.2) is 0 Å². The molecule has 168 valence electrons. The van der Waals surface area contributed by atoms with Crippen molar-refractivity contribution in [1.82, 2.24) is 9.47 Å². The van der Waals surface area contributed by atoms with Crippen LogP contribution < -0.4 is 0 Å². The van der Waals surface area contributed by atoms with E-state index < -0.39 is 8.72 Å². The van der Waals surface area contributed by atoms with Gasteiger partial charge in [-0.1, -0.05) is 89.9 Å². The highest BCUT2D eigenvalue weighted by atomic mass is 28.4. The van der Waals surface area contributed by atoms with Crippen LogP contribution in [-0.2, 0) is 8.85 Å². The Labute approximate surface area is 181 Å². The van der Waals surface area contributed by atoms with Crippen molar-refractivity contribution in [2.24, 2.45) is 0 Å². The molecule has 0 aromatic heterocycles. The first-order valence-corrected chi connectivity index (χ1v) is 15.0. The SMILES string of the molecule is CO[Si]1(OC2C3CCCCCCCCCCN32)C2CCCCCCCCCCN21. The summed E-state index contributed by atoms with van der Waals surface area (Å²) in [6.07, 6.45) is 25.5. The highest BCUT2D eigenvalue weighted by Crippen LogP contribution is 2.47. The van der Waals surface area contributed by atoms with Gasteiger partial charge < -0.3 is 8.85 Å². The third-order valence-electron chi connectivity index (χ3n) is 8.00. The van der Waals surface area contributed by atoms with E-state index in [-0.39, 0.29) is 0 Å². The van der Waals surface area contributed by atoms with Gasteiger partial charge in [0, 0.05) is 13.7 Å². The zero-order chi connectivity index (χ0) is 19.9. The Hall–Kier alpha value is 0.0569.